The third kappa shape index (κ3) is 7.16. The summed E-state index contributed by atoms with van der Waals surface area (Å²) in [5, 5.41) is 2.85. The quantitative estimate of drug-likeness (QED) is 0.750. The third-order valence-electron chi connectivity index (χ3n) is 3.89. The fourth-order valence-electron chi connectivity index (χ4n) is 2.34. The van der Waals surface area contributed by atoms with E-state index in [1.54, 1.807) is 0 Å². The molecular weight excluding hydrogens is 336 g/mol. The zero-order chi connectivity index (χ0) is 17.4. The van der Waals surface area contributed by atoms with E-state index in [1.807, 2.05) is 42.5 Å². The number of amides is 1. The molecule has 0 saturated carbocycles. The van der Waals surface area contributed by atoms with Crippen molar-refractivity contribution >= 4 is 18.3 Å². The van der Waals surface area contributed by atoms with E-state index >= 15 is 0 Å². The molecule has 0 aliphatic heterocycles. The first-order chi connectivity index (χ1) is 11.6. The van der Waals surface area contributed by atoms with Gasteiger partial charge in [0.15, 0.2) is 0 Å². The van der Waals surface area contributed by atoms with Crippen molar-refractivity contribution in [3.8, 4) is 5.75 Å². The highest BCUT2D eigenvalue weighted by molar-refractivity contribution is 5.85. The zero-order valence-electron chi connectivity index (χ0n) is 14.8. The molecule has 1 atom stereocenters. The van der Waals surface area contributed by atoms with Crippen molar-refractivity contribution in [3.05, 3.63) is 65.7 Å². The maximum Gasteiger partial charge on any atom is 0.223 e. The van der Waals surface area contributed by atoms with E-state index in [0.717, 1.165) is 11.3 Å². The third-order valence-corrected chi connectivity index (χ3v) is 3.89. The second-order valence-corrected chi connectivity index (χ2v) is 6.14. The van der Waals surface area contributed by atoms with Crippen molar-refractivity contribution in [3.63, 3.8) is 0 Å². The largest absolute Gasteiger partial charge is 0.493 e. The van der Waals surface area contributed by atoms with Crippen LogP contribution in [-0.4, -0.2) is 19.1 Å². The Balaban J connectivity index is 0.00000312. The molecule has 25 heavy (non-hydrogen) atoms. The molecule has 2 aromatic rings. The molecule has 0 bridgehead atoms. The van der Waals surface area contributed by atoms with Crippen LogP contribution >= 0.6 is 12.4 Å². The summed E-state index contributed by atoms with van der Waals surface area (Å²) in [7, 11) is 0. The van der Waals surface area contributed by atoms with E-state index in [0.29, 0.717) is 25.5 Å². The van der Waals surface area contributed by atoms with Crippen molar-refractivity contribution in [2.45, 2.75) is 32.2 Å². The van der Waals surface area contributed by atoms with Crippen LogP contribution in [0.5, 0.6) is 5.75 Å². The minimum absolute atomic E-state index is 0. The van der Waals surface area contributed by atoms with Crippen LogP contribution in [0.15, 0.2) is 54.6 Å². The number of carbonyl (C=O) groups is 1. The summed E-state index contributed by atoms with van der Waals surface area (Å²) >= 11 is 0. The molecule has 0 spiro atoms. The Morgan fingerprint density at radius 2 is 1.68 bits per heavy atom. The summed E-state index contributed by atoms with van der Waals surface area (Å²) in [5.41, 5.74) is 8.34. The number of ether oxygens (including phenoxy) is 1. The lowest BCUT2D eigenvalue weighted by molar-refractivity contribution is -0.121. The van der Waals surface area contributed by atoms with E-state index in [1.165, 1.54) is 5.56 Å². The standard InChI is InChI=1S/C20H26N2O2.ClH/c1-15(2)16-8-10-18(11-9-16)24-13-12-20(23)22-14-19(21)17-6-4-3-5-7-17;/h3-11,15,19H,12-14,21H2,1-2H3,(H,22,23);1H. The zero-order valence-corrected chi connectivity index (χ0v) is 15.6. The van der Waals surface area contributed by atoms with Crippen LogP contribution in [0.25, 0.3) is 0 Å². The molecule has 1 unspecified atom stereocenters. The maximum absolute atomic E-state index is 11.9. The molecule has 1 amide bonds. The molecule has 0 heterocycles. The topological polar surface area (TPSA) is 64.3 Å². The summed E-state index contributed by atoms with van der Waals surface area (Å²) in [6.07, 6.45) is 0.313. The highest BCUT2D eigenvalue weighted by Crippen LogP contribution is 2.18. The lowest BCUT2D eigenvalue weighted by Crippen LogP contribution is -2.32. The van der Waals surface area contributed by atoms with Crippen molar-refractivity contribution in [1.29, 1.82) is 0 Å². The van der Waals surface area contributed by atoms with Gasteiger partial charge in [-0.05, 0) is 29.2 Å². The van der Waals surface area contributed by atoms with Gasteiger partial charge in [-0.25, -0.2) is 0 Å². The summed E-state index contributed by atoms with van der Waals surface area (Å²) < 4.78 is 5.61. The average Bonchev–Trinajstić information content (AvgIpc) is 2.61. The second kappa shape index (κ2) is 10.7. The highest BCUT2D eigenvalue weighted by atomic mass is 35.5. The first-order valence-electron chi connectivity index (χ1n) is 8.36. The van der Waals surface area contributed by atoms with E-state index in [-0.39, 0.29) is 24.4 Å². The van der Waals surface area contributed by atoms with Gasteiger partial charge in [0.05, 0.1) is 13.0 Å². The van der Waals surface area contributed by atoms with Crippen LogP contribution in [0.2, 0.25) is 0 Å². The second-order valence-electron chi connectivity index (χ2n) is 6.14. The van der Waals surface area contributed by atoms with Crippen LogP contribution < -0.4 is 15.8 Å². The predicted octanol–water partition coefficient (Wildman–Crippen LogP) is 3.82. The number of carbonyl (C=O) groups excluding carboxylic acids is 1. The monoisotopic (exact) mass is 362 g/mol. The number of rotatable bonds is 8. The number of benzene rings is 2. The Morgan fingerprint density at radius 1 is 1.04 bits per heavy atom. The van der Waals surface area contributed by atoms with Gasteiger partial charge in [-0.1, -0.05) is 56.3 Å². The molecule has 5 heteroatoms. The molecule has 3 N–H and O–H groups in total. The summed E-state index contributed by atoms with van der Waals surface area (Å²) in [6, 6.07) is 17.5. The fourth-order valence-corrected chi connectivity index (χ4v) is 2.34. The van der Waals surface area contributed by atoms with Crippen molar-refractivity contribution in [2.75, 3.05) is 13.2 Å². The molecule has 0 aliphatic rings. The number of halogens is 1. The molecule has 0 radical (unpaired) electrons. The average molecular weight is 363 g/mol. The smallest absolute Gasteiger partial charge is 0.223 e. The first kappa shape index (κ1) is 21.0. The molecule has 2 aromatic carbocycles. The van der Waals surface area contributed by atoms with Gasteiger partial charge in [-0.15, -0.1) is 12.4 Å². The SMILES string of the molecule is CC(C)c1ccc(OCCC(=O)NCC(N)c2ccccc2)cc1.Cl. The molecule has 0 saturated heterocycles. The molecule has 2 rings (SSSR count). The Hall–Kier alpha value is -2.04. The molecule has 0 aliphatic carbocycles. The minimum atomic E-state index is -0.195. The van der Waals surface area contributed by atoms with Gasteiger partial charge in [0.25, 0.3) is 0 Å². The Bertz CT molecular complexity index is 630. The van der Waals surface area contributed by atoms with Gasteiger partial charge in [0.2, 0.25) is 5.91 Å². The van der Waals surface area contributed by atoms with Gasteiger partial charge in [0.1, 0.15) is 5.75 Å². The van der Waals surface area contributed by atoms with Gasteiger partial charge in [-0.2, -0.15) is 0 Å². The molecule has 4 nitrogen and oxygen atoms in total. The van der Waals surface area contributed by atoms with E-state index in [4.69, 9.17) is 10.5 Å². The van der Waals surface area contributed by atoms with Crippen LogP contribution in [-0.2, 0) is 4.79 Å². The highest BCUT2D eigenvalue weighted by Gasteiger charge is 2.08. The van der Waals surface area contributed by atoms with Crippen LogP contribution in [0, 0.1) is 0 Å². The van der Waals surface area contributed by atoms with Crippen LogP contribution in [0.1, 0.15) is 43.4 Å². The number of nitrogens with two attached hydrogens (primary N) is 1. The van der Waals surface area contributed by atoms with E-state index in [9.17, 15) is 4.79 Å². The van der Waals surface area contributed by atoms with Gasteiger partial charge < -0.3 is 15.8 Å². The Kier molecular flexibility index (Phi) is 9.03. The van der Waals surface area contributed by atoms with E-state index in [2.05, 4.69) is 31.3 Å². The van der Waals surface area contributed by atoms with Crippen LogP contribution in [0.3, 0.4) is 0 Å². The van der Waals surface area contributed by atoms with Gasteiger partial charge in [0, 0.05) is 12.6 Å². The Morgan fingerprint density at radius 3 is 2.28 bits per heavy atom. The Labute approximate surface area is 156 Å². The first-order valence-corrected chi connectivity index (χ1v) is 8.36. The lowest BCUT2D eigenvalue weighted by Gasteiger charge is -2.13. The number of hydrogen-bond acceptors (Lipinski definition) is 3. The van der Waals surface area contributed by atoms with Crippen molar-refractivity contribution < 1.29 is 9.53 Å². The molecular formula is C20H27ClN2O2. The van der Waals surface area contributed by atoms with Crippen molar-refractivity contribution in [1.82, 2.24) is 5.32 Å². The minimum Gasteiger partial charge on any atom is -0.493 e. The summed E-state index contributed by atoms with van der Waals surface area (Å²) in [4.78, 5) is 11.9. The normalized spacial score (nSPS) is 11.5. The fraction of sp³-hybridized carbons (Fsp3) is 0.350. The maximum atomic E-state index is 11.9. The van der Waals surface area contributed by atoms with Crippen molar-refractivity contribution in [2.24, 2.45) is 5.73 Å². The van der Waals surface area contributed by atoms with Gasteiger partial charge in [-0.3, -0.25) is 4.79 Å². The lowest BCUT2D eigenvalue weighted by atomic mass is 10.0. The molecule has 0 aromatic heterocycles. The van der Waals surface area contributed by atoms with Gasteiger partial charge >= 0.3 is 0 Å². The number of hydrogen-bond donors (Lipinski definition) is 2. The summed E-state index contributed by atoms with van der Waals surface area (Å²) in [6.45, 7) is 5.08. The van der Waals surface area contributed by atoms with E-state index < -0.39 is 0 Å². The number of nitrogens with one attached hydrogen (secondary N) is 1. The molecule has 136 valence electrons. The van der Waals surface area contributed by atoms with Crippen LogP contribution in [0.4, 0.5) is 0 Å². The predicted molar refractivity (Wildman–Crippen MR) is 104 cm³/mol. The molecule has 0 fully saturated rings. The summed E-state index contributed by atoms with van der Waals surface area (Å²) in [5.74, 6) is 1.23.